The molecule has 0 radical (unpaired) electrons. The van der Waals surface area contributed by atoms with Crippen LogP contribution in [-0.4, -0.2) is 40.4 Å². The maximum Gasteiger partial charge on any atom is 0.431 e. The summed E-state index contributed by atoms with van der Waals surface area (Å²) in [5, 5.41) is 7.68. The molecule has 2 aromatic heterocycles. The Bertz CT molecular complexity index is 1170. The fraction of sp³-hybridized carbons (Fsp3) is 0.211. The zero-order valence-corrected chi connectivity index (χ0v) is 16.9. The highest BCUT2D eigenvalue weighted by Crippen LogP contribution is 2.44. The van der Waals surface area contributed by atoms with Crippen LogP contribution in [0.4, 0.5) is 27.9 Å². The van der Waals surface area contributed by atoms with Gasteiger partial charge in [0.1, 0.15) is 18.1 Å². The number of allylic oxidation sites excluding steroid dienone is 2. The van der Waals surface area contributed by atoms with E-state index in [0.29, 0.717) is 0 Å². The van der Waals surface area contributed by atoms with Gasteiger partial charge >= 0.3 is 12.8 Å². The number of rotatable bonds is 6. The van der Waals surface area contributed by atoms with Gasteiger partial charge in [-0.1, -0.05) is 12.1 Å². The second-order valence-corrected chi connectivity index (χ2v) is 7.39. The zero-order chi connectivity index (χ0) is 23.0. The summed E-state index contributed by atoms with van der Waals surface area (Å²) >= 11 is 0.983. The number of fused-ring (bicyclic) bond motifs is 1. The fourth-order valence-corrected chi connectivity index (χ4v) is 4.00. The van der Waals surface area contributed by atoms with Crippen molar-refractivity contribution in [2.24, 2.45) is 0 Å². The molecule has 1 aliphatic rings. The number of carbonyl (C=O) groups is 1. The van der Waals surface area contributed by atoms with Crippen LogP contribution in [0.2, 0.25) is 0 Å². The van der Waals surface area contributed by atoms with Gasteiger partial charge in [-0.2, -0.15) is 32.0 Å². The first-order valence-electron chi connectivity index (χ1n) is 8.89. The molecule has 1 N–H and O–H groups in total. The molecule has 7 nitrogen and oxygen atoms in total. The van der Waals surface area contributed by atoms with Crippen LogP contribution < -0.4 is 14.8 Å². The van der Waals surface area contributed by atoms with E-state index in [0.717, 1.165) is 28.4 Å². The summed E-state index contributed by atoms with van der Waals surface area (Å²) < 4.78 is 77.8. The molecule has 4 rings (SSSR count). The van der Waals surface area contributed by atoms with E-state index in [-0.39, 0.29) is 27.9 Å². The third kappa shape index (κ3) is 3.90. The molecule has 0 fully saturated rings. The molecular formula is C19H13F5N4O3S. The van der Waals surface area contributed by atoms with Crippen LogP contribution in [0.3, 0.4) is 0 Å². The van der Waals surface area contributed by atoms with Crippen LogP contribution >= 0.6 is 11.3 Å². The van der Waals surface area contributed by atoms with Crippen LogP contribution in [0.15, 0.2) is 53.3 Å². The number of thiophene rings is 1. The van der Waals surface area contributed by atoms with E-state index in [1.54, 1.807) is 5.38 Å². The van der Waals surface area contributed by atoms with Crippen LogP contribution in [0.5, 0.6) is 11.5 Å². The highest BCUT2D eigenvalue weighted by Gasteiger charge is 2.46. The predicted molar refractivity (Wildman–Crippen MR) is 103 cm³/mol. The van der Waals surface area contributed by atoms with Crippen molar-refractivity contribution < 1.29 is 36.2 Å². The smallest absolute Gasteiger partial charge is 0.431 e. The second-order valence-electron chi connectivity index (χ2n) is 6.44. The van der Waals surface area contributed by atoms with Crippen molar-refractivity contribution >= 4 is 23.1 Å². The summed E-state index contributed by atoms with van der Waals surface area (Å²) in [6, 6.07) is 5.18. The molecule has 13 heteroatoms. The predicted octanol–water partition coefficient (Wildman–Crippen LogP) is 4.66. The largest absolute Gasteiger partial charge is 0.493 e. The number of Topliss-reactive ketones (excluding diaryl/α,β-unsaturated/α-hetero) is 1. The van der Waals surface area contributed by atoms with Gasteiger partial charge in [0.25, 0.3) is 0 Å². The molecule has 0 aliphatic carbocycles. The average Bonchev–Trinajstić information content (AvgIpc) is 3.43. The summed E-state index contributed by atoms with van der Waals surface area (Å²) in [6.07, 6.45) is -3.88. The van der Waals surface area contributed by atoms with E-state index in [2.05, 4.69) is 20.1 Å². The van der Waals surface area contributed by atoms with Crippen molar-refractivity contribution in [3.05, 3.63) is 63.7 Å². The van der Waals surface area contributed by atoms with E-state index in [1.807, 2.05) is 0 Å². The number of ether oxygens (including phenoxy) is 2. The van der Waals surface area contributed by atoms with Crippen molar-refractivity contribution in [1.29, 1.82) is 0 Å². The molecular weight excluding hydrogens is 459 g/mol. The Morgan fingerprint density at radius 3 is 2.66 bits per heavy atom. The summed E-state index contributed by atoms with van der Waals surface area (Å²) in [5.74, 6) is -1.57. The summed E-state index contributed by atoms with van der Waals surface area (Å²) in [5.41, 5.74) is -1.78. The number of hydrogen-bond acceptors (Lipinski definition) is 7. The number of halogens is 5. The molecule has 32 heavy (non-hydrogen) atoms. The number of nitrogens with one attached hydrogen (secondary N) is 1. The van der Waals surface area contributed by atoms with Crippen LogP contribution in [0.1, 0.15) is 21.3 Å². The number of hydrogen-bond donors (Lipinski definition) is 1. The normalized spacial score (nSPS) is 16.0. The van der Waals surface area contributed by atoms with Gasteiger partial charge in [-0.3, -0.25) is 4.79 Å². The molecule has 168 valence electrons. The number of alkyl halides is 5. The number of carbonyl (C=O) groups excluding carboxylic acids is 1. The Labute approximate surface area is 181 Å². The van der Waals surface area contributed by atoms with Crippen molar-refractivity contribution in [2.75, 3.05) is 12.4 Å². The van der Waals surface area contributed by atoms with Crippen LogP contribution in [-0.2, 0) is 0 Å². The highest BCUT2D eigenvalue weighted by molar-refractivity contribution is 7.12. The number of nitrogens with zero attached hydrogens (tertiary/aromatic N) is 3. The molecule has 0 spiro atoms. The van der Waals surface area contributed by atoms with E-state index in [1.165, 1.54) is 31.4 Å². The average molecular weight is 472 g/mol. The van der Waals surface area contributed by atoms with E-state index < -0.39 is 35.9 Å². The highest BCUT2D eigenvalue weighted by atomic mass is 32.1. The maximum absolute atomic E-state index is 14.0. The standard InChI is InChI=1S/C19H13F5N4O3S/c1-30-11-7-9(4-5-10(11)31-17(20)21)14-13(15(29)12-3-2-6-32-12)16(19(22,23)24)27-18-25-8-26-28(14)18/h2-8,14,17H,1H3,(H,25,26,27)/t14-/m1/s1. The van der Waals surface area contributed by atoms with Crippen molar-refractivity contribution in [2.45, 2.75) is 18.8 Å². The quantitative estimate of drug-likeness (QED) is 0.415. The molecule has 0 saturated carbocycles. The van der Waals surface area contributed by atoms with Gasteiger partial charge in [-0.25, -0.2) is 4.68 Å². The number of anilines is 1. The molecule has 1 atom stereocenters. The van der Waals surface area contributed by atoms with E-state index >= 15 is 0 Å². The van der Waals surface area contributed by atoms with Gasteiger partial charge in [0.2, 0.25) is 11.7 Å². The lowest BCUT2D eigenvalue weighted by Crippen LogP contribution is -2.35. The monoisotopic (exact) mass is 472 g/mol. The molecule has 0 bridgehead atoms. The molecule has 1 aliphatic heterocycles. The zero-order valence-electron chi connectivity index (χ0n) is 16.1. The van der Waals surface area contributed by atoms with Gasteiger partial charge in [0, 0.05) is 0 Å². The Hall–Kier alpha value is -3.48. The summed E-state index contributed by atoms with van der Waals surface area (Å²) in [4.78, 5) is 17.1. The van der Waals surface area contributed by atoms with Crippen LogP contribution in [0.25, 0.3) is 0 Å². The molecule has 0 saturated heterocycles. The van der Waals surface area contributed by atoms with Crippen molar-refractivity contribution in [3.8, 4) is 11.5 Å². The van der Waals surface area contributed by atoms with E-state index in [4.69, 9.17) is 4.74 Å². The number of methoxy groups -OCH3 is 1. The third-order valence-electron chi connectivity index (χ3n) is 4.59. The fourth-order valence-electron chi connectivity index (χ4n) is 3.32. The van der Waals surface area contributed by atoms with Gasteiger partial charge in [-0.15, -0.1) is 11.3 Å². The Balaban J connectivity index is 1.93. The third-order valence-corrected chi connectivity index (χ3v) is 5.46. The SMILES string of the molecule is COc1cc([C@@H]2C(C(=O)c3cccs3)=C(C(F)(F)F)Nc3ncnn32)ccc1OC(F)F. The van der Waals surface area contributed by atoms with E-state index in [9.17, 15) is 26.7 Å². The number of benzene rings is 1. The van der Waals surface area contributed by atoms with Gasteiger partial charge in [0.05, 0.1) is 17.6 Å². The molecule has 3 aromatic rings. The lowest BCUT2D eigenvalue weighted by atomic mass is 9.91. The minimum atomic E-state index is -4.92. The van der Waals surface area contributed by atoms with Crippen LogP contribution in [0, 0.1) is 0 Å². The second kappa shape index (κ2) is 8.22. The lowest BCUT2D eigenvalue weighted by molar-refractivity contribution is -0.0918. The summed E-state index contributed by atoms with van der Waals surface area (Å²) in [7, 11) is 1.19. The minimum Gasteiger partial charge on any atom is -0.493 e. The first kappa shape index (κ1) is 21.7. The molecule has 0 unspecified atom stereocenters. The van der Waals surface area contributed by atoms with Gasteiger partial charge in [-0.05, 0) is 29.1 Å². The first-order chi connectivity index (χ1) is 15.2. The van der Waals surface area contributed by atoms with Gasteiger partial charge < -0.3 is 14.8 Å². The summed E-state index contributed by atoms with van der Waals surface area (Å²) in [6.45, 7) is -3.14. The van der Waals surface area contributed by atoms with Crippen molar-refractivity contribution in [1.82, 2.24) is 14.8 Å². The Kier molecular flexibility index (Phi) is 5.59. The molecule has 3 heterocycles. The molecule has 1 aromatic carbocycles. The molecule has 0 amide bonds. The number of ketones is 1. The first-order valence-corrected chi connectivity index (χ1v) is 9.77. The van der Waals surface area contributed by atoms with Crippen molar-refractivity contribution in [3.63, 3.8) is 0 Å². The Morgan fingerprint density at radius 2 is 2.03 bits per heavy atom. The lowest BCUT2D eigenvalue weighted by Gasteiger charge is -2.30. The van der Waals surface area contributed by atoms with Gasteiger partial charge in [0.15, 0.2) is 11.5 Å². The maximum atomic E-state index is 14.0. The number of aromatic nitrogens is 3. The topological polar surface area (TPSA) is 78.3 Å². The Morgan fingerprint density at radius 1 is 1.25 bits per heavy atom. The minimum absolute atomic E-state index is 0.0849.